The molecule has 42 heavy (non-hydrogen) atoms. The summed E-state index contributed by atoms with van der Waals surface area (Å²) in [6, 6.07) is 16.6. The monoisotopic (exact) mass is 577 g/mol. The number of aryl methyl sites for hydroxylation is 1. The third-order valence-corrected chi connectivity index (χ3v) is 7.26. The quantitative estimate of drug-likeness (QED) is 0.175. The predicted molar refractivity (Wildman–Crippen MR) is 154 cm³/mol. The van der Waals surface area contributed by atoms with Gasteiger partial charge in [-0.3, -0.25) is 0 Å². The third kappa shape index (κ3) is 6.85. The molecule has 1 aromatic heterocycles. The van der Waals surface area contributed by atoms with Crippen molar-refractivity contribution in [2.24, 2.45) is 5.92 Å². The van der Waals surface area contributed by atoms with E-state index in [0.717, 1.165) is 28.8 Å². The highest BCUT2D eigenvalue weighted by Crippen LogP contribution is 2.42. The molecule has 0 aliphatic carbocycles. The summed E-state index contributed by atoms with van der Waals surface area (Å²) < 4.78 is 47.2. The molecule has 1 fully saturated rings. The van der Waals surface area contributed by atoms with Gasteiger partial charge in [0.05, 0.1) is 32.4 Å². The average molecular weight is 578 g/mol. The van der Waals surface area contributed by atoms with Crippen LogP contribution in [-0.2, 0) is 21.6 Å². The number of ether oxygens (including phenoxy) is 3. The Labute approximate surface area is 242 Å². The number of esters is 1. The zero-order valence-electron chi connectivity index (χ0n) is 23.5. The van der Waals surface area contributed by atoms with E-state index in [9.17, 15) is 13.6 Å². The van der Waals surface area contributed by atoms with Gasteiger partial charge in [-0.05, 0) is 67.4 Å². The molecule has 2 N–H and O–H groups in total. The number of methoxy groups -OCH3 is 1. The largest absolute Gasteiger partial charge is 0.493 e. The van der Waals surface area contributed by atoms with Crippen molar-refractivity contribution in [1.29, 1.82) is 0 Å². The molecule has 5 rings (SSSR count). The van der Waals surface area contributed by atoms with Gasteiger partial charge < -0.3 is 24.8 Å². The van der Waals surface area contributed by atoms with E-state index in [1.165, 1.54) is 25.6 Å². The fraction of sp³-hybridized carbons (Fsp3) is 0.323. The number of benzene rings is 3. The number of rotatable bonds is 12. The molecule has 0 radical (unpaired) electrons. The second-order valence-electron chi connectivity index (χ2n) is 10.3. The summed E-state index contributed by atoms with van der Waals surface area (Å²) >= 11 is 0. The molecule has 9 nitrogen and oxygen atoms in total. The van der Waals surface area contributed by atoms with E-state index in [4.69, 9.17) is 14.2 Å². The average Bonchev–Trinajstić information content (AvgIpc) is 3.65. The first-order chi connectivity index (χ1) is 20.3. The van der Waals surface area contributed by atoms with Gasteiger partial charge in [-0.2, -0.15) is 5.10 Å². The Morgan fingerprint density at radius 3 is 2.52 bits per heavy atom. The van der Waals surface area contributed by atoms with Crippen LogP contribution in [0.2, 0.25) is 0 Å². The fourth-order valence-electron chi connectivity index (χ4n) is 5.17. The van der Waals surface area contributed by atoms with Crippen LogP contribution in [0.1, 0.15) is 27.9 Å². The minimum Gasteiger partial charge on any atom is -0.493 e. The second-order valence-corrected chi connectivity index (χ2v) is 10.3. The van der Waals surface area contributed by atoms with Crippen molar-refractivity contribution < 1.29 is 27.8 Å². The fourth-order valence-corrected chi connectivity index (χ4v) is 5.17. The summed E-state index contributed by atoms with van der Waals surface area (Å²) in [5.74, 6) is -0.906. The Morgan fingerprint density at radius 1 is 1.07 bits per heavy atom. The lowest BCUT2D eigenvalue weighted by molar-refractivity contribution is -0.0206. The molecule has 0 unspecified atom stereocenters. The normalized spacial score (nSPS) is 18.0. The first kappa shape index (κ1) is 29.0. The third-order valence-electron chi connectivity index (χ3n) is 7.26. The van der Waals surface area contributed by atoms with Crippen LogP contribution in [0, 0.1) is 24.5 Å². The van der Waals surface area contributed by atoms with Crippen molar-refractivity contribution in [2.45, 2.75) is 25.5 Å². The van der Waals surface area contributed by atoms with Crippen molar-refractivity contribution in [2.75, 3.05) is 44.0 Å². The molecular formula is C31H33F2N5O4. The second kappa shape index (κ2) is 13.0. The maximum Gasteiger partial charge on any atom is 0.337 e. The molecule has 0 amide bonds. The Morgan fingerprint density at radius 2 is 1.83 bits per heavy atom. The lowest BCUT2D eigenvalue weighted by Gasteiger charge is -2.29. The van der Waals surface area contributed by atoms with E-state index in [-0.39, 0.29) is 18.4 Å². The number of hydrogen-bond acceptors (Lipinski definition) is 8. The van der Waals surface area contributed by atoms with Gasteiger partial charge in [-0.15, -0.1) is 0 Å². The van der Waals surface area contributed by atoms with E-state index in [1.807, 2.05) is 37.3 Å². The smallest absolute Gasteiger partial charge is 0.337 e. The van der Waals surface area contributed by atoms with Crippen molar-refractivity contribution >= 4 is 17.3 Å². The molecule has 0 spiro atoms. The van der Waals surface area contributed by atoms with Crippen LogP contribution in [-0.4, -0.2) is 54.1 Å². The summed E-state index contributed by atoms with van der Waals surface area (Å²) in [5, 5.41) is 10.9. The van der Waals surface area contributed by atoms with Gasteiger partial charge in [-0.1, -0.05) is 6.07 Å². The number of carbonyl (C=O) groups is 1. The molecule has 1 aliphatic rings. The summed E-state index contributed by atoms with van der Waals surface area (Å²) in [4.78, 5) is 15.5. The van der Waals surface area contributed by atoms with E-state index >= 15 is 0 Å². The zero-order valence-corrected chi connectivity index (χ0v) is 23.5. The van der Waals surface area contributed by atoms with Gasteiger partial charge in [0.25, 0.3) is 0 Å². The van der Waals surface area contributed by atoms with E-state index in [0.29, 0.717) is 43.9 Å². The summed E-state index contributed by atoms with van der Waals surface area (Å²) in [5.41, 5.74) is 2.63. The van der Waals surface area contributed by atoms with E-state index < -0.39 is 17.2 Å². The molecular weight excluding hydrogens is 544 g/mol. The molecule has 11 heteroatoms. The lowest BCUT2D eigenvalue weighted by Crippen LogP contribution is -2.32. The zero-order chi connectivity index (χ0) is 29.5. The highest BCUT2D eigenvalue weighted by Gasteiger charge is 2.44. The van der Waals surface area contributed by atoms with Crippen LogP contribution in [0.3, 0.4) is 0 Å². The van der Waals surface area contributed by atoms with Crippen LogP contribution < -0.4 is 15.4 Å². The van der Waals surface area contributed by atoms with Crippen molar-refractivity contribution in [3.05, 3.63) is 102 Å². The van der Waals surface area contributed by atoms with E-state index in [1.54, 1.807) is 23.1 Å². The number of anilines is 2. The van der Waals surface area contributed by atoms with Gasteiger partial charge in [0, 0.05) is 42.0 Å². The van der Waals surface area contributed by atoms with Gasteiger partial charge in [0.1, 0.15) is 35.6 Å². The predicted octanol–water partition coefficient (Wildman–Crippen LogP) is 5.19. The van der Waals surface area contributed by atoms with Crippen LogP contribution in [0.4, 0.5) is 20.2 Å². The standard InChI is InChI=1S/C31H33F2N5O4/c1-21-13-26(36-12-11-35-25-6-3-23(4-7-25)30(39)40-2)8-10-29(21)41-16-22-15-31(42-17-22,18-38-20-34-19-37-38)27-9-5-24(32)14-28(27)33/h3-10,13-14,19-20,22,35-36H,11-12,15-18H2,1-2H3/t22-,31+/m1/s1. The summed E-state index contributed by atoms with van der Waals surface area (Å²) in [6.45, 7) is 4.35. The number of nitrogens with zero attached hydrogens (tertiary/aromatic N) is 3. The van der Waals surface area contributed by atoms with Crippen LogP contribution in [0.15, 0.2) is 73.3 Å². The highest BCUT2D eigenvalue weighted by atomic mass is 19.1. The molecule has 0 bridgehead atoms. The van der Waals surface area contributed by atoms with Crippen molar-refractivity contribution in [3.63, 3.8) is 0 Å². The summed E-state index contributed by atoms with van der Waals surface area (Å²) in [7, 11) is 1.36. The van der Waals surface area contributed by atoms with Crippen LogP contribution >= 0.6 is 0 Å². The van der Waals surface area contributed by atoms with Crippen molar-refractivity contribution in [1.82, 2.24) is 14.8 Å². The maximum absolute atomic E-state index is 14.9. The Hall–Kier alpha value is -4.51. The number of carbonyl (C=O) groups excluding carboxylic acids is 1. The molecule has 220 valence electrons. The topological polar surface area (TPSA) is 99.5 Å². The molecule has 3 aromatic carbocycles. The first-order valence-electron chi connectivity index (χ1n) is 13.7. The van der Waals surface area contributed by atoms with Crippen LogP contribution in [0.25, 0.3) is 0 Å². The molecule has 1 saturated heterocycles. The lowest BCUT2D eigenvalue weighted by atomic mass is 9.87. The molecule has 2 heterocycles. The van der Waals surface area contributed by atoms with Gasteiger partial charge >= 0.3 is 5.97 Å². The highest BCUT2D eigenvalue weighted by molar-refractivity contribution is 5.89. The number of nitrogens with one attached hydrogen (secondary N) is 2. The van der Waals surface area contributed by atoms with E-state index in [2.05, 4.69) is 20.7 Å². The minimum atomic E-state index is -1.01. The minimum absolute atomic E-state index is 0.0112. The number of halogens is 2. The Balaban J connectivity index is 1.13. The van der Waals surface area contributed by atoms with Crippen molar-refractivity contribution in [3.8, 4) is 5.75 Å². The van der Waals surface area contributed by atoms with Gasteiger partial charge in [0.15, 0.2) is 0 Å². The van der Waals surface area contributed by atoms with Gasteiger partial charge in [-0.25, -0.2) is 23.2 Å². The Bertz CT molecular complexity index is 1500. The first-order valence-corrected chi connectivity index (χ1v) is 13.7. The van der Waals surface area contributed by atoms with Crippen LogP contribution in [0.5, 0.6) is 5.75 Å². The molecule has 2 atom stereocenters. The molecule has 1 aliphatic heterocycles. The number of hydrogen-bond donors (Lipinski definition) is 2. The van der Waals surface area contributed by atoms with Gasteiger partial charge in [0.2, 0.25) is 0 Å². The maximum atomic E-state index is 14.9. The summed E-state index contributed by atoms with van der Waals surface area (Å²) in [6.07, 6.45) is 3.44. The molecule has 4 aromatic rings. The SMILES string of the molecule is COC(=O)c1ccc(NCCNc2ccc(OC[C@@H]3CO[C@@](Cn4cncn4)(c4ccc(F)cc4F)C3)c(C)c2)cc1. The molecule has 0 saturated carbocycles. The Kier molecular flexibility index (Phi) is 8.97. The number of aromatic nitrogens is 3.